The van der Waals surface area contributed by atoms with Crippen LogP contribution in [0.1, 0.15) is 0 Å². The predicted molar refractivity (Wildman–Crippen MR) is 96.0 cm³/mol. The van der Waals surface area contributed by atoms with Gasteiger partial charge in [-0.15, -0.1) is 0 Å². The van der Waals surface area contributed by atoms with Gasteiger partial charge in [-0.25, -0.2) is 0 Å². The zero-order valence-electron chi connectivity index (χ0n) is 12.8. The van der Waals surface area contributed by atoms with E-state index in [0.717, 1.165) is 0 Å². The molecule has 0 unspecified atom stereocenters. The number of hydrogen-bond donors (Lipinski definition) is 0. The summed E-state index contributed by atoms with van der Waals surface area (Å²) < 4.78 is 7.47. The first-order chi connectivity index (χ1) is 10.2. The van der Waals surface area contributed by atoms with E-state index in [-0.39, 0.29) is 9.84 Å². The molecule has 0 spiro atoms. The summed E-state index contributed by atoms with van der Waals surface area (Å²) in [5, 5.41) is 0. The molecule has 1 fully saturated rings. The van der Waals surface area contributed by atoms with Crippen LogP contribution >= 0.6 is 0 Å². The van der Waals surface area contributed by atoms with E-state index < -0.39 is 0 Å². The lowest BCUT2D eigenvalue weighted by Gasteiger charge is -2.49. The van der Waals surface area contributed by atoms with Gasteiger partial charge in [-0.1, -0.05) is 50.0 Å². The Morgan fingerprint density at radius 3 is 1.48 bits per heavy atom. The number of nitrogens with zero attached hydrogens (tertiary/aromatic N) is 3. The Labute approximate surface area is 130 Å². The molecule has 6 heteroatoms. The van der Waals surface area contributed by atoms with Crippen LogP contribution < -0.4 is 8.95 Å². The maximum Gasteiger partial charge on any atom is 0.322 e. The van der Waals surface area contributed by atoms with Crippen molar-refractivity contribution in [1.82, 2.24) is 4.72 Å². The number of para-hydroxylation sites is 2. The monoisotopic (exact) mass is 292 g/mol. The molecule has 3 nitrogen and oxygen atoms in total. The second-order valence-corrected chi connectivity index (χ2v) is 6.87. The fourth-order valence-electron chi connectivity index (χ4n) is 2.80. The summed E-state index contributed by atoms with van der Waals surface area (Å²) in [7, 11) is 2.23. The summed E-state index contributed by atoms with van der Waals surface area (Å²) in [5.41, 5.74) is 2.61. The molecule has 2 aromatic rings. The molecule has 2 aromatic carbocycles. The molecular weight excluding hydrogens is 272 g/mol. The lowest BCUT2D eigenvalue weighted by molar-refractivity contribution is 0.785. The SMILES string of the molecule is CB1N(C)B(C)N(c2ccccc2)[SiH]N1c1ccccc1. The minimum Gasteiger partial charge on any atom is -0.416 e. The van der Waals surface area contributed by atoms with E-state index in [4.69, 9.17) is 0 Å². The van der Waals surface area contributed by atoms with Crippen molar-refractivity contribution in [2.75, 3.05) is 16.0 Å². The van der Waals surface area contributed by atoms with E-state index in [1.165, 1.54) is 11.4 Å². The zero-order chi connectivity index (χ0) is 14.8. The van der Waals surface area contributed by atoms with Crippen molar-refractivity contribution >= 4 is 35.2 Å². The van der Waals surface area contributed by atoms with E-state index in [0.29, 0.717) is 14.0 Å². The van der Waals surface area contributed by atoms with E-state index in [1.807, 2.05) is 0 Å². The summed E-state index contributed by atoms with van der Waals surface area (Å²) in [4.78, 5) is 0. The molecule has 1 saturated heterocycles. The Morgan fingerprint density at radius 2 is 1.10 bits per heavy atom. The number of benzene rings is 2. The van der Waals surface area contributed by atoms with Gasteiger partial charge in [0, 0.05) is 11.4 Å². The van der Waals surface area contributed by atoms with E-state index in [9.17, 15) is 0 Å². The fraction of sp³-hybridized carbons (Fsp3) is 0.200. The van der Waals surface area contributed by atoms with Gasteiger partial charge in [-0.05, 0) is 31.3 Å². The van der Waals surface area contributed by atoms with E-state index in [2.05, 4.69) is 95.0 Å². The first-order valence-electron chi connectivity index (χ1n) is 7.42. The van der Waals surface area contributed by atoms with Crippen LogP contribution in [0, 0.1) is 0 Å². The van der Waals surface area contributed by atoms with Gasteiger partial charge in [0.25, 0.3) is 9.84 Å². The summed E-state index contributed by atoms with van der Waals surface area (Å²) in [6.45, 7) is 5.41. The summed E-state index contributed by atoms with van der Waals surface area (Å²) in [5.74, 6) is 0. The van der Waals surface area contributed by atoms with Gasteiger partial charge in [-0.2, -0.15) is 0 Å². The van der Waals surface area contributed by atoms with Gasteiger partial charge in [0.05, 0.1) is 0 Å². The third kappa shape index (κ3) is 2.73. The normalized spacial score (nSPS) is 16.5. The topological polar surface area (TPSA) is 9.72 Å². The second kappa shape index (κ2) is 5.99. The number of hydrogen-bond acceptors (Lipinski definition) is 3. The molecule has 0 saturated carbocycles. The molecule has 0 bridgehead atoms. The van der Waals surface area contributed by atoms with Gasteiger partial charge in [0.1, 0.15) is 0 Å². The molecule has 0 atom stereocenters. The Bertz CT molecular complexity index is 532. The van der Waals surface area contributed by atoms with Crippen LogP contribution in [0.15, 0.2) is 60.7 Å². The maximum atomic E-state index is 2.52. The van der Waals surface area contributed by atoms with Crippen LogP contribution in [0.25, 0.3) is 0 Å². The van der Waals surface area contributed by atoms with E-state index >= 15 is 0 Å². The van der Waals surface area contributed by atoms with Crippen molar-refractivity contribution < 1.29 is 0 Å². The molecule has 1 aliphatic rings. The third-order valence-electron chi connectivity index (χ3n) is 4.34. The molecule has 1 radical (unpaired) electrons. The van der Waals surface area contributed by atoms with Gasteiger partial charge in [0.15, 0.2) is 0 Å². The molecule has 1 aliphatic heterocycles. The highest BCUT2D eigenvalue weighted by Crippen LogP contribution is 2.24. The fourth-order valence-corrected chi connectivity index (χ4v) is 4.48. The van der Waals surface area contributed by atoms with Crippen LogP contribution in [0.2, 0.25) is 13.6 Å². The maximum absolute atomic E-state index is 2.52. The van der Waals surface area contributed by atoms with Crippen molar-refractivity contribution in [3.63, 3.8) is 0 Å². The Hall–Kier alpha value is -1.65. The average Bonchev–Trinajstić information content (AvgIpc) is 2.55. The molecule has 3 rings (SSSR count). The quantitative estimate of drug-likeness (QED) is 0.787. The lowest BCUT2D eigenvalue weighted by atomic mass is 9.62. The summed E-state index contributed by atoms with van der Waals surface area (Å²) in [6, 6.07) is 21.4. The third-order valence-corrected chi connectivity index (χ3v) is 6.30. The van der Waals surface area contributed by atoms with Crippen LogP contribution in [-0.4, -0.2) is 35.6 Å². The molecule has 1 heterocycles. The lowest BCUT2D eigenvalue weighted by Crippen LogP contribution is -2.70. The molecule has 21 heavy (non-hydrogen) atoms. The van der Waals surface area contributed by atoms with Crippen LogP contribution in [-0.2, 0) is 0 Å². The molecule has 105 valence electrons. The summed E-state index contributed by atoms with van der Waals surface area (Å²) in [6.07, 6.45) is 0. The van der Waals surface area contributed by atoms with Crippen LogP contribution in [0.3, 0.4) is 0 Å². The van der Waals surface area contributed by atoms with Crippen molar-refractivity contribution in [1.29, 1.82) is 0 Å². The van der Waals surface area contributed by atoms with Gasteiger partial charge >= 0.3 is 14.0 Å². The summed E-state index contributed by atoms with van der Waals surface area (Å²) >= 11 is 0. The Balaban J connectivity index is 1.93. The highest BCUT2D eigenvalue weighted by atomic mass is 28.2. The van der Waals surface area contributed by atoms with E-state index in [1.54, 1.807) is 0 Å². The standard InChI is InChI=1S/C15H20B2N3Si/c1-16-18(3)17(2)20(15-12-8-5-9-13-15)21-19(16)14-10-6-4-7-11-14/h4-13,21H,1-3H3. The van der Waals surface area contributed by atoms with Gasteiger partial charge in [0.2, 0.25) is 0 Å². The molecule has 0 N–H and O–H groups in total. The zero-order valence-corrected chi connectivity index (χ0v) is 14.0. The van der Waals surface area contributed by atoms with Crippen molar-refractivity contribution in [2.45, 2.75) is 13.6 Å². The Kier molecular flexibility index (Phi) is 4.08. The largest absolute Gasteiger partial charge is 0.416 e. The van der Waals surface area contributed by atoms with Crippen LogP contribution in [0.4, 0.5) is 11.4 Å². The molecule has 0 amide bonds. The number of anilines is 2. The highest BCUT2D eigenvalue weighted by Gasteiger charge is 2.39. The first-order valence-corrected chi connectivity index (χ1v) is 8.45. The molecular formula is C15H20B2N3Si. The average molecular weight is 292 g/mol. The van der Waals surface area contributed by atoms with Crippen molar-refractivity contribution in [3.8, 4) is 0 Å². The predicted octanol–water partition coefficient (Wildman–Crippen LogP) is 2.45. The van der Waals surface area contributed by atoms with Crippen molar-refractivity contribution in [2.24, 2.45) is 0 Å². The molecule has 0 aromatic heterocycles. The smallest absolute Gasteiger partial charge is 0.322 e. The second-order valence-electron chi connectivity index (χ2n) is 5.53. The van der Waals surface area contributed by atoms with Gasteiger partial charge < -0.3 is 13.7 Å². The van der Waals surface area contributed by atoms with Crippen LogP contribution in [0.5, 0.6) is 0 Å². The molecule has 0 aliphatic carbocycles. The minimum absolute atomic E-state index is 0.0243. The minimum atomic E-state index is 0.0243. The van der Waals surface area contributed by atoms with Gasteiger partial charge in [-0.3, -0.25) is 0 Å². The number of rotatable bonds is 2. The Morgan fingerprint density at radius 1 is 0.714 bits per heavy atom. The van der Waals surface area contributed by atoms with Crippen molar-refractivity contribution in [3.05, 3.63) is 60.7 Å². The highest BCUT2D eigenvalue weighted by molar-refractivity contribution is 6.92. The first kappa shape index (κ1) is 14.3.